The average Bonchev–Trinajstić information content (AvgIpc) is 2.56. The minimum atomic E-state index is 0.369. The number of hydrogen-bond donors (Lipinski definition) is 1. The Labute approximate surface area is 138 Å². The molecule has 1 N–H and O–H groups in total. The molecule has 0 radical (unpaired) electrons. The smallest absolute Gasteiger partial charge is 0.222 e. The molecule has 0 aromatic rings. The number of hydrogen-bond acceptors (Lipinski definition) is 2. The molecular weight excluding hydrogens is 272 g/mol. The molecule has 1 amide bonds. The lowest BCUT2D eigenvalue weighted by atomic mass is 10.0. The summed E-state index contributed by atoms with van der Waals surface area (Å²) in [6.45, 7) is 6.00. The fraction of sp³-hybridized carbons (Fsp3) is 0.947. The van der Waals surface area contributed by atoms with Crippen LogP contribution in [0, 0.1) is 0 Å². The molecule has 1 rings (SSSR count). The van der Waals surface area contributed by atoms with Gasteiger partial charge in [-0.2, -0.15) is 0 Å². The summed E-state index contributed by atoms with van der Waals surface area (Å²) >= 11 is 0. The second-order valence-electron chi connectivity index (χ2n) is 6.77. The summed E-state index contributed by atoms with van der Waals surface area (Å²) in [4.78, 5) is 14.0. The van der Waals surface area contributed by atoms with Crippen LogP contribution >= 0.6 is 0 Å². The van der Waals surface area contributed by atoms with Gasteiger partial charge in [0.15, 0.2) is 0 Å². The van der Waals surface area contributed by atoms with E-state index in [1.54, 1.807) is 0 Å². The van der Waals surface area contributed by atoms with E-state index >= 15 is 0 Å². The number of nitrogens with one attached hydrogen (secondary N) is 1. The molecule has 0 aliphatic carbocycles. The van der Waals surface area contributed by atoms with E-state index in [0.717, 1.165) is 39.0 Å². The fourth-order valence-corrected chi connectivity index (χ4v) is 3.19. The third kappa shape index (κ3) is 10.2. The second kappa shape index (κ2) is 14.0. The Morgan fingerprint density at radius 3 is 1.73 bits per heavy atom. The predicted octanol–water partition coefficient (Wildman–Crippen LogP) is 4.51. The van der Waals surface area contributed by atoms with E-state index in [-0.39, 0.29) is 0 Å². The molecule has 0 spiro atoms. The number of carbonyl (C=O) groups excluding carboxylic acids is 1. The third-order valence-corrected chi connectivity index (χ3v) is 4.71. The van der Waals surface area contributed by atoms with Gasteiger partial charge in [-0.3, -0.25) is 4.79 Å². The van der Waals surface area contributed by atoms with Gasteiger partial charge in [-0.05, 0) is 6.42 Å². The van der Waals surface area contributed by atoms with Gasteiger partial charge in [-0.1, -0.05) is 77.6 Å². The Hall–Kier alpha value is -0.570. The second-order valence-corrected chi connectivity index (χ2v) is 6.77. The van der Waals surface area contributed by atoms with E-state index in [0.29, 0.717) is 5.91 Å². The highest BCUT2D eigenvalue weighted by Crippen LogP contribution is 2.13. The number of nitrogens with zero attached hydrogens (tertiary/aromatic N) is 1. The predicted molar refractivity (Wildman–Crippen MR) is 95.1 cm³/mol. The van der Waals surface area contributed by atoms with Crippen LogP contribution in [0.4, 0.5) is 0 Å². The Balaban J connectivity index is 1.78. The van der Waals surface area contributed by atoms with Gasteiger partial charge < -0.3 is 10.2 Å². The van der Waals surface area contributed by atoms with Crippen molar-refractivity contribution < 1.29 is 4.79 Å². The van der Waals surface area contributed by atoms with Gasteiger partial charge in [0.05, 0.1) is 0 Å². The molecule has 1 saturated heterocycles. The molecule has 1 heterocycles. The lowest BCUT2D eigenvalue weighted by Crippen LogP contribution is -2.46. The van der Waals surface area contributed by atoms with Gasteiger partial charge in [0.2, 0.25) is 5.91 Å². The van der Waals surface area contributed by atoms with Gasteiger partial charge >= 0.3 is 0 Å². The van der Waals surface area contributed by atoms with Crippen molar-refractivity contribution >= 4 is 5.91 Å². The van der Waals surface area contributed by atoms with E-state index < -0.39 is 0 Å². The maximum Gasteiger partial charge on any atom is 0.222 e. The Morgan fingerprint density at radius 2 is 1.23 bits per heavy atom. The van der Waals surface area contributed by atoms with Crippen LogP contribution in [0.1, 0.15) is 90.4 Å². The van der Waals surface area contributed by atoms with Crippen molar-refractivity contribution in [2.24, 2.45) is 0 Å². The molecule has 3 heteroatoms. The summed E-state index contributed by atoms with van der Waals surface area (Å²) in [5, 5.41) is 3.29. The maximum absolute atomic E-state index is 12.0. The zero-order chi connectivity index (χ0) is 15.9. The van der Waals surface area contributed by atoms with E-state index in [2.05, 4.69) is 12.2 Å². The Kier molecular flexibility index (Phi) is 12.4. The SMILES string of the molecule is CCCCCCCCCCCCCCC(=O)N1CCNCC1. The molecule has 1 aliphatic rings. The largest absolute Gasteiger partial charge is 0.340 e. The lowest BCUT2D eigenvalue weighted by molar-refractivity contribution is -0.131. The first-order chi connectivity index (χ1) is 10.8. The van der Waals surface area contributed by atoms with Crippen LogP contribution in [0.2, 0.25) is 0 Å². The van der Waals surface area contributed by atoms with Crippen LogP contribution in [-0.2, 0) is 4.79 Å². The van der Waals surface area contributed by atoms with Crippen molar-refractivity contribution in [3.8, 4) is 0 Å². The highest BCUT2D eigenvalue weighted by Gasteiger charge is 2.14. The molecule has 0 unspecified atom stereocenters. The van der Waals surface area contributed by atoms with Gasteiger partial charge in [0, 0.05) is 32.6 Å². The first-order valence-corrected chi connectivity index (χ1v) is 9.83. The first-order valence-electron chi connectivity index (χ1n) is 9.83. The highest BCUT2D eigenvalue weighted by molar-refractivity contribution is 5.76. The van der Waals surface area contributed by atoms with E-state index in [4.69, 9.17) is 0 Å². The standard InChI is InChI=1S/C19H38N2O/c1-2-3-4-5-6-7-8-9-10-11-12-13-14-19(22)21-17-15-20-16-18-21/h20H,2-18H2,1H3. The quantitative estimate of drug-likeness (QED) is 0.508. The zero-order valence-corrected chi connectivity index (χ0v) is 14.9. The molecule has 22 heavy (non-hydrogen) atoms. The first kappa shape index (κ1) is 19.5. The molecule has 130 valence electrons. The van der Waals surface area contributed by atoms with Gasteiger partial charge in [0.1, 0.15) is 0 Å². The van der Waals surface area contributed by atoms with Gasteiger partial charge in [-0.15, -0.1) is 0 Å². The van der Waals surface area contributed by atoms with Crippen molar-refractivity contribution in [2.75, 3.05) is 26.2 Å². The zero-order valence-electron chi connectivity index (χ0n) is 14.9. The van der Waals surface area contributed by atoms with Crippen molar-refractivity contribution in [3.63, 3.8) is 0 Å². The molecule has 0 bridgehead atoms. The van der Waals surface area contributed by atoms with Crippen LogP contribution in [0.25, 0.3) is 0 Å². The number of carbonyl (C=O) groups is 1. The minimum absolute atomic E-state index is 0.369. The Bertz CT molecular complexity index is 262. The van der Waals surface area contributed by atoms with Gasteiger partial charge in [-0.25, -0.2) is 0 Å². The minimum Gasteiger partial charge on any atom is -0.340 e. The van der Waals surface area contributed by atoms with Crippen molar-refractivity contribution in [3.05, 3.63) is 0 Å². The number of amides is 1. The summed E-state index contributed by atoms with van der Waals surface area (Å²) in [5.74, 6) is 0.369. The summed E-state index contributed by atoms with van der Waals surface area (Å²) in [6, 6.07) is 0. The molecule has 1 aliphatic heterocycles. The van der Waals surface area contributed by atoms with Crippen molar-refractivity contribution in [2.45, 2.75) is 90.4 Å². The molecule has 0 atom stereocenters. The maximum atomic E-state index is 12.0. The van der Waals surface area contributed by atoms with Crippen LogP contribution < -0.4 is 5.32 Å². The van der Waals surface area contributed by atoms with Gasteiger partial charge in [0.25, 0.3) is 0 Å². The molecular formula is C19H38N2O. The number of piperazine rings is 1. The molecule has 0 saturated carbocycles. The summed E-state index contributed by atoms with van der Waals surface area (Å²) in [6.07, 6.45) is 17.0. The molecule has 3 nitrogen and oxygen atoms in total. The summed E-state index contributed by atoms with van der Waals surface area (Å²) in [5.41, 5.74) is 0. The highest BCUT2D eigenvalue weighted by atomic mass is 16.2. The third-order valence-electron chi connectivity index (χ3n) is 4.71. The molecule has 0 aromatic carbocycles. The monoisotopic (exact) mass is 310 g/mol. The Morgan fingerprint density at radius 1 is 0.773 bits per heavy atom. The van der Waals surface area contributed by atoms with Crippen LogP contribution in [-0.4, -0.2) is 37.0 Å². The number of unbranched alkanes of at least 4 members (excludes halogenated alkanes) is 11. The normalized spacial score (nSPS) is 15.2. The van der Waals surface area contributed by atoms with Crippen LogP contribution in [0.15, 0.2) is 0 Å². The average molecular weight is 311 g/mol. The van der Waals surface area contributed by atoms with E-state index in [1.807, 2.05) is 4.90 Å². The van der Waals surface area contributed by atoms with Crippen LogP contribution in [0.5, 0.6) is 0 Å². The van der Waals surface area contributed by atoms with Crippen LogP contribution in [0.3, 0.4) is 0 Å². The molecule has 1 fully saturated rings. The number of rotatable bonds is 13. The molecule has 0 aromatic heterocycles. The van der Waals surface area contributed by atoms with Crippen molar-refractivity contribution in [1.29, 1.82) is 0 Å². The summed E-state index contributed by atoms with van der Waals surface area (Å²) in [7, 11) is 0. The lowest BCUT2D eigenvalue weighted by Gasteiger charge is -2.27. The topological polar surface area (TPSA) is 32.3 Å². The van der Waals surface area contributed by atoms with E-state index in [9.17, 15) is 4.79 Å². The van der Waals surface area contributed by atoms with E-state index in [1.165, 1.54) is 70.6 Å². The van der Waals surface area contributed by atoms with Crippen molar-refractivity contribution in [1.82, 2.24) is 10.2 Å². The fourth-order valence-electron chi connectivity index (χ4n) is 3.19. The summed E-state index contributed by atoms with van der Waals surface area (Å²) < 4.78 is 0.